The maximum absolute atomic E-state index is 13.8. The quantitative estimate of drug-likeness (QED) is 0.243. The van der Waals surface area contributed by atoms with Gasteiger partial charge in [0.05, 0.1) is 11.6 Å². The zero-order valence-electron chi connectivity index (χ0n) is 25.9. The fourth-order valence-electron chi connectivity index (χ4n) is 7.17. The zero-order chi connectivity index (χ0) is 30.8. The molecule has 5 nitrogen and oxygen atoms in total. The van der Waals surface area contributed by atoms with Crippen molar-refractivity contribution < 1.29 is 19.1 Å². The first-order chi connectivity index (χ1) is 21.3. The Hall–Kier alpha value is -3.83. The van der Waals surface area contributed by atoms with Crippen LogP contribution < -0.4 is 9.47 Å². The fourth-order valence-corrected chi connectivity index (χ4v) is 7.44. The van der Waals surface area contributed by atoms with Gasteiger partial charge in [0.2, 0.25) is 0 Å². The predicted molar refractivity (Wildman–Crippen MR) is 174 cm³/mol. The molecule has 44 heavy (non-hydrogen) atoms. The molecule has 0 fully saturated rings. The molecule has 228 valence electrons. The highest BCUT2D eigenvalue weighted by Gasteiger charge is 2.43. The number of carbonyl (C=O) groups excluding carboxylic acids is 2. The van der Waals surface area contributed by atoms with Crippen LogP contribution in [-0.4, -0.2) is 29.6 Å². The number of aryl methyl sites for hydroxylation is 2. The Morgan fingerprint density at radius 2 is 1.43 bits per heavy atom. The smallest absolute Gasteiger partial charge is 0.180 e. The van der Waals surface area contributed by atoms with Crippen LogP contribution >= 0.6 is 11.6 Å². The van der Waals surface area contributed by atoms with Gasteiger partial charge in [0.15, 0.2) is 23.1 Å². The lowest BCUT2D eigenvalue weighted by Gasteiger charge is -2.44. The van der Waals surface area contributed by atoms with Crippen molar-refractivity contribution in [2.24, 2.45) is 0 Å². The van der Waals surface area contributed by atoms with E-state index < -0.39 is 5.92 Å². The van der Waals surface area contributed by atoms with Crippen LogP contribution in [-0.2, 0) is 22.6 Å². The molecule has 0 saturated carbocycles. The molecule has 1 heterocycles. The molecular weight excluding hydrogens is 570 g/mol. The lowest BCUT2D eigenvalue weighted by molar-refractivity contribution is -0.117. The van der Waals surface area contributed by atoms with E-state index in [0.717, 1.165) is 72.3 Å². The van der Waals surface area contributed by atoms with E-state index in [1.54, 1.807) is 0 Å². The van der Waals surface area contributed by atoms with Gasteiger partial charge in [0.25, 0.3) is 0 Å². The first-order valence-corrected chi connectivity index (χ1v) is 16.2. The summed E-state index contributed by atoms with van der Waals surface area (Å²) in [6, 6.07) is 20.6. The third-order valence-corrected chi connectivity index (χ3v) is 9.16. The minimum Gasteiger partial charge on any atom is -0.490 e. The summed E-state index contributed by atoms with van der Waals surface area (Å²) in [7, 11) is 0. The second-order valence-corrected chi connectivity index (χ2v) is 12.5. The van der Waals surface area contributed by atoms with Crippen LogP contribution in [0.15, 0.2) is 83.2 Å². The van der Waals surface area contributed by atoms with Crippen LogP contribution in [0.2, 0.25) is 5.02 Å². The Balaban J connectivity index is 1.41. The van der Waals surface area contributed by atoms with Gasteiger partial charge >= 0.3 is 0 Å². The topological polar surface area (TPSA) is 55.8 Å². The highest BCUT2D eigenvalue weighted by molar-refractivity contribution is 6.32. The minimum atomic E-state index is -0.459. The van der Waals surface area contributed by atoms with E-state index >= 15 is 0 Å². The van der Waals surface area contributed by atoms with Crippen LogP contribution in [0.1, 0.15) is 79.2 Å². The van der Waals surface area contributed by atoms with Crippen molar-refractivity contribution in [3.8, 4) is 11.5 Å². The Bertz CT molecular complexity index is 1590. The molecule has 0 aromatic heterocycles. The Kier molecular flexibility index (Phi) is 8.95. The highest BCUT2D eigenvalue weighted by atomic mass is 35.5. The molecule has 0 bridgehead atoms. The normalized spacial score (nSPS) is 17.1. The molecule has 3 aliphatic rings. The summed E-state index contributed by atoms with van der Waals surface area (Å²) in [6.45, 7) is 7.59. The van der Waals surface area contributed by atoms with Crippen molar-refractivity contribution >= 4 is 23.2 Å². The average molecular weight is 610 g/mol. The number of hydrogen-bond donors (Lipinski definition) is 0. The number of allylic oxidation sites excluding steroid dienone is 4. The highest BCUT2D eigenvalue weighted by Crippen LogP contribution is 2.51. The standard InChI is InChI=1S/C38H40ClNO4/c1-4-43-34-22-28(21-29(39)38(34)44-23-27-19-24(2)18-25(3)20-27)35-36-30(12-8-14-32(36)41)40(17-16-26-10-6-5-7-11-26)31-13-9-15-33(42)37(31)35/h5-7,10-11,18-22,35H,4,8-9,12-17,23H2,1-3H3. The molecule has 0 unspecified atom stereocenters. The first-order valence-electron chi connectivity index (χ1n) is 15.8. The molecule has 1 aliphatic heterocycles. The number of Topliss-reactive ketones (excluding diaryl/α,β-unsaturated/α-hetero) is 2. The van der Waals surface area contributed by atoms with Crippen molar-refractivity contribution in [3.05, 3.63) is 116 Å². The lowest BCUT2D eigenvalue weighted by atomic mass is 9.71. The molecule has 0 N–H and O–H groups in total. The zero-order valence-corrected chi connectivity index (χ0v) is 26.6. The van der Waals surface area contributed by atoms with Crippen molar-refractivity contribution in [2.45, 2.75) is 78.2 Å². The number of halogens is 1. The van der Waals surface area contributed by atoms with E-state index in [9.17, 15) is 9.59 Å². The second kappa shape index (κ2) is 13.0. The average Bonchev–Trinajstić information content (AvgIpc) is 2.99. The number of hydrogen-bond acceptors (Lipinski definition) is 5. The van der Waals surface area contributed by atoms with Gasteiger partial charge in [-0.3, -0.25) is 9.59 Å². The maximum Gasteiger partial charge on any atom is 0.180 e. The molecule has 0 saturated heterocycles. The van der Waals surface area contributed by atoms with Gasteiger partial charge in [-0.25, -0.2) is 0 Å². The van der Waals surface area contributed by atoms with Gasteiger partial charge in [0.1, 0.15) is 6.61 Å². The number of benzene rings is 3. The van der Waals surface area contributed by atoms with E-state index in [2.05, 4.69) is 61.2 Å². The Labute approximate surface area is 265 Å². The van der Waals surface area contributed by atoms with Crippen molar-refractivity contribution in [2.75, 3.05) is 13.2 Å². The molecule has 3 aromatic carbocycles. The van der Waals surface area contributed by atoms with Gasteiger partial charge in [-0.05, 0) is 81.7 Å². The number of nitrogens with zero attached hydrogens (tertiary/aromatic N) is 1. The van der Waals surface area contributed by atoms with E-state index in [-0.39, 0.29) is 11.6 Å². The van der Waals surface area contributed by atoms with Gasteiger partial charge in [0, 0.05) is 47.8 Å². The summed E-state index contributed by atoms with van der Waals surface area (Å²) in [5.41, 5.74) is 9.10. The third-order valence-electron chi connectivity index (χ3n) is 8.88. The van der Waals surface area contributed by atoms with E-state index in [1.807, 2.05) is 25.1 Å². The number of rotatable bonds is 9. The summed E-state index contributed by atoms with van der Waals surface area (Å²) in [4.78, 5) is 29.9. The summed E-state index contributed by atoms with van der Waals surface area (Å²) in [5, 5.41) is 0.414. The lowest BCUT2D eigenvalue weighted by Crippen LogP contribution is -2.40. The van der Waals surface area contributed by atoms with Crippen LogP contribution in [0.5, 0.6) is 11.5 Å². The van der Waals surface area contributed by atoms with Crippen LogP contribution in [0.25, 0.3) is 0 Å². The van der Waals surface area contributed by atoms with Gasteiger partial charge in [-0.2, -0.15) is 0 Å². The maximum atomic E-state index is 13.8. The van der Waals surface area contributed by atoms with Gasteiger partial charge in [-0.1, -0.05) is 71.3 Å². The Morgan fingerprint density at radius 1 is 0.795 bits per heavy atom. The summed E-state index contributed by atoms with van der Waals surface area (Å²) >= 11 is 6.97. The third kappa shape index (κ3) is 6.08. The molecular formula is C38H40ClNO4. The van der Waals surface area contributed by atoms with Crippen molar-refractivity contribution in [3.63, 3.8) is 0 Å². The van der Waals surface area contributed by atoms with E-state index in [0.29, 0.717) is 42.6 Å². The number of ketones is 2. The molecule has 0 radical (unpaired) electrons. The molecule has 2 aliphatic carbocycles. The van der Waals surface area contributed by atoms with E-state index in [1.165, 1.54) is 16.7 Å². The van der Waals surface area contributed by atoms with E-state index in [4.69, 9.17) is 21.1 Å². The largest absolute Gasteiger partial charge is 0.490 e. The molecule has 0 spiro atoms. The minimum absolute atomic E-state index is 0.120. The molecule has 0 amide bonds. The first kappa shape index (κ1) is 30.2. The molecule has 6 heteroatoms. The molecule has 3 aromatic rings. The second-order valence-electron chi connectivity index (χ2n) is 12.1. The predicted octanol–water partition coefficient (Wildman–Crippen LogP) is 8.59. The summed E-state index contributed by atoms with van der Waals surface area (Å²) < 4.78 is 12.4. The number of carbonyl (C=O) groups is 2. The van der Waals surface area contributed by atoms with Gasteiger partial charge in [-0.15, -0.1) is 0 Å². The summed E-state index contributed by atoms with van der Waals surface area (Å²) in [5.74, 6) is 0.788. The molecule has 6 rings (SSSR count). The van der Waals surface area contributed by atoms with Crippen LogP contribution in [0.3, 0.4) is 0 Å². The summed E-state index contributed by atoms with van der Waals surface area (Å²) in [6.07, 6.45) is 5.09. The van der Waals surface area contributed by atoms with Crippen molar-refractivity contribution in [1.82, 2.24) is 4.90 Å². The van der Waals surface area contributed by atoms with Crippen molar-refractivity contribution in [1.29, 1.82) is 0 Å². The fraction of sp³-hybridized carbons (Fsp3) is 0.368. The van der Waals surface area contributed by atoms with Crippen LogP contribution in [0, 0.1) is 13.8 Å². The van der Waals surface area contributed by atoms with Crippen LogP contribution in [0.4, 0.5) is 0 Å². The molecule has 0 atom stereocenters. The monoisotopic (exact) mass is 609 g/mol. The number of ether oxygens (including phenoxy) is 2. The Morgan fingerprint density at radius 3 is 2.05 bits per heavy atom. The SMILES string of the molecule is CCOc1cc(C2C3=C(CCCC3=O)N(CCc3ccccc3)C3=C2C(=O)CCC3)cc(Cl)c1OCc1cc(C)cc(C)c1. The van der Waals surface area contributed by atoms with Gasteiger partial charge < -0.3 is 14.4 Å².